The van der Waals surface area contributed by atoms with Crippen LogP contribution in [0.2, 0.25) is 0 Å². The van der Waals surface area contributed by atoms with E-state index in [9.17, 15) is 4.79 Å². The smallest absolute Gasteiger partial charge is 0.317 e. The van der Waals surface area contributed by atoms with Crippen molar-refractivity contribution in [3.8, 4) is 11.4 Å². The summed E-state index contributed by atoms with van der Waals surface area (Å²) in [5, 5.41) is 18.5. The molecule has 7 nitrogen and oxygen atoms in total. The van der Waals surface area contributed by atoms with E-state index in [0.717, 1.165) is 11.1 Å². The van der Waals surface area contributed by atoms with E-state index in [2.05, 4.69) is 20.5 Å². The highest BCUT2D eigenvalue weighted by molar-refractivity contribution is 5.74. The number of nitrogens with one attached hydrogen (secondary N) is 2. The number of aliphatic hydroxyl groups excluding tert-OH is 1. The first-order chi connectivity index (χ1) is 10.1. The minimum atomic E-state index is -0.221. The number of nitrogens with zero attached hydrogens (tertiary/aromatic N) is 3. The maximum absolute atomic E-state index is 11.9. The highest BCUT2D eigenvalue weighted by atomic mass is 16.3. The SMILES string of the molecule is CC(CO)N(C)C(=O)NCc1cccc(-c2ncn[nH]2)c1. The molecule has 0 saturated carbocycles. The van der Waals surface area contributed by atoms with Crippen LogP contribution in [0, 0.1) is 0 Å². The number of hydrogen-bond acceptors (Lipinski definition) is 4. The molecule has 0 aliphatic rings. The van der Waals surface area contributed by atoms with E-state index in [1.165, 1.54) is 11.2 Å². The number of likely N-dealkylation sites (N-methyl/N-ethyl adjacent to an activating group) is 1. The van der Waals surface area contributed by atoms with Gasteiger partial charge in [-0.3, -0.25) is 5.10 Å². The molecule has 21 heavy (non-hydrogen) atoms. The van der Waals surface area contributed by atoms with Crippen molar-refractivity contribution in [3.05, 3.63) is 36.2 Å². The normalized spacial score (nSPS) is 12.0. The number of rotatable bonds is 5. The average Bonchev–Trinajstić information content (AvgIpc) is 3.05. The lowest BCUT2D eigenvalue weighted by Crippen LogP contribution is -2.43. The van der Waals surface area contributed by atoms with Crippen molar-refractivity contribution >= 4 is 6.03 Å². The minimum Gasteiger partial charge on any atom is -0.394 e. The van der Waals surface area contributed by atoms with Gasteiger partial charge in [0.15, 0.2) is 5.82 Å². The molecule has 0 aliphatic heterocycles. The summed E-state index contributed by atoms with van der Waals surface area (Å²) in [5.41, 5.74) is 1.87. The Hall–Kier alpha value is -2.41. The zero-order valence-corrected chi connectivity index (χ0v) is 12.1. The fourth-order valence-corrected chi connectivity index (χ4v) is 1.80. The van der Waals surface area contributed by atoms with E-state index >= 15 is 0 Å². The molecule has 7 heteroatoms. The van der Waals surface area contributed by atoms with Gasteiger partial charge in [-0.1, -0.05) is 18.2 Å². The molecule has 1 unspecified atom stereocenters. The third kappa shape index (κ3) is 3.79. The van der Waals surface area contributed by atoms with Crippen LogP contribution < -0.4 is 5.32 Å². The van der Waals surface area contributed by atoms with Gasteiger partial charge in [-0.25, -0.2) is 9.78 Å². The lowest BCUT2D eigenvalue weighted by molar-refractivity contribution is 0.157. The van der Waals surface area contributed by atoms with Crippen molar-refractivity contribution in [3.63, 3.8) is 0 Å². The molecule has 0 bridgehead atoms. The summed E-state index contributed by atoms with van der Waals surface area (Å²) in [7, 11) is 1.65. The van der Waals surface area contributed by atoms with E-state index in [-0.39, 0.29) is 18.7 Å². The molecule has 1 aromatic heterocycles. The Bertz CT molecular complexity index is 585. The number of H-pyrrole nitrogens is 1. The van der Waals surface area contributed by atoms with Gasteiger partial charge >= 0.3 is 6.03 Å². The number of hydrogen-bond donors (Lipinski definition) is 3. The van der Waals surface area contributed by atoms with Gasteiger partial charge in [-0.2, -0.15) is 5.10 Å². The summed E-state index contributed by atoms with van der Waals surface area (Å²) >= 11 is 0. The van der Waals surface area contributed by atoms with E-state index in [1.54, 1.807) is 14.0 Å². The molecule has 0 aliphatic carbocycles. The number of benzene rings is 1. The second-order valence-electron chi connectivity index (χ2n) is 4.84. The van der Waals surface area contributed by atoms with Crippen LogP contribution in [-0.4, -0.2) is 50.9 Å². The minimum absolute atomic E-state index is 0.0646. The van der Waals surface area contributed by atoms with Crippen LogP contribution in [0.3, 0.4) is 0 Å². The summed E-state index contributed by atoms with van der Waals surface area (Å²) in [5.74, 6) is 0.689. The molecule has 112 valence electrons. The Morgan fingerprint density at radius 2 is 2.33 bits per heavy atom. The lowest BCUT2D eigenvalue weighted by atomic mass is 10.1. The van der Waals surface area contributed by atoms with Crippen LogP contribution in [0.1, 0.15) is 12.5 Å². The summed E-state index contributed by atoms with van der Waals surface area (Å²) in [6.07, 6.45) is 1.45. The predicted octanol–water partition coefficient (Wildman–Crippen LogP) is 0.994. The van der Waals surface area contributed by atoms with Gasteiger partial charge < -0.3 is 15.3 Å². The quantitative estimate of drug-likeness (QED) is 0.765. The predicted molar refractivity (Wildman–Crippen MR) is 78.4 cm³/mol. The molecule has 0 fully saturated rings. The molecule has 3 N–H and O–H groups in total. The largest absolute Gasteiger partial charge is 0.394 e. The van der Waals surface area contributed by atoms with Crippen molar-refractivity contribution in [1.29, 1.82) is 0 Å². The molecular weight excluding hydrogens is 270 g/mol. The monoisotopic (exact) mass is 289 g/mol. The second kappa shape index (κ2) is 6.85. The van der Waals surface area contributed by atoms with Gasteiger partial charge in [-0.05, 0) is 18.6 Å². The van der Waals surface area contributed by atoms with Crippen LogP contribution in [0.25, 0.3) is 11.4 Å². The molecule has 1 atom stereocenters. The first-order valence-corrected chi connectivity index (χ1v) is 6.68. The molecule has 2 amide bonds. The molecule has 1 heterocycles. The number of aromatic amines is 1. The first kappa shape index (κ1) is 15.0. The molecule has 0 spiro atoms. The Kier molecular flexibility index (Phi) is 4.89. The van der Waals surface area contributed by atoms with Crippen LogP contribution in [-0.2, 0) is 6.54 Å². The Balaban J connectivity index is 1.98. The third-order valence-corrected chi connectivity index (χ3v) is 3.30. The van der Waals surface area contributed by atoms with E-state index < -0.39 is 0 Å². The molecule has 2 rings (SSSR count). The van der Waals surface area contributed by atoms with Gasteiger partial charge in [0.2, 0.25) is 0 Å². The zero-order chi connectivity index (χ0) is 15.2. The van der Waals surface area contributed by atoms with Crippen molar-refractivity contribution in [1.82, 2.24) is 25.4 Å². The highest BCUT2D eigenvalue weighted by Crippen LogP contribution is 2.15. The standard InChI is InChI=1S/C14H19N5O2/c1-10(8-20)19(2)14(21)15-7-11-4-3-5-12(6-11)13-16-9-17-18-13/h3-6,9-10,20H,7-8H2,1-2H3,(H,15,21)(H,16,17,18). The number of aromatic nitrogens is 3. The Morgan fingerprint density at radius 3 is 3.00 bits per heavy atom. The van der Waals surface area contributed by atoms with Crippen molar-refractivity contribution in [2.45, 2.75) is 19.5 Å². The van der Waals surface area contributed by atoms with Crippen molar-refractivity contribution in [2.24, 2.45) is 0 Å². The molecule has 2 aromatic rings. The van der Waals surface area contributed by atoms with Gasteiger partial charge in [0.05, 0.1) is 12.6 Å². The third-order valence-electron chi connectivity index (χ3n) is 3.30. The summed E-state index contributed by atoms with van der Waals surface area (Å²) in [4.78, 5) is 17.5. The van der Waals surface area contributed by atoms with E-state index in [0.29, 0.717) is 12.4 Å². The average molecular weight is 289 g/mol. The number of carbonyl (C=O) groups excluding carboxylic acids is 1. The highest BCUT2D eigenvalue weighted by Gasteiger charge is 2.14. The second-order valence-corrected chi connectivity index (χ2v) is 4.84. The van der Waals surface area contributed by atoms with Crippen LogP contribution in [0.15, 0.2) is 30.6 Å². The summed E-state index contributed by atoms with van der Waals surface area (Å²) < 4.78 is 0. The molecule has 1 aromatic carbocycles. The Labute approximate surface area is 123 Å². The maximum Gasteiger partial charge on any atom is 0.317 e. The van der Waals surface area contributed by atoms with Crippen molar-refractivity contribution in [2.75, 3.05) is 13.7 Å². The topological polar surface area (TPSA) is 94.1 Å². The van der Waals surface area contributed by atoms with Gasteiger partial charge in [-0.15, -0.1) is 0 Å². The maximum atomic E-state index is 11.9. The number of urea groups is 1. The molecular formula is C14H19N5O2. The number of carbonyl (C=O) groups is 1. The van der Waals surface area contributed by atoms with E-state index in [1.807, 2.05) is 24.3 Å². The van der Waals surface area contributed by atoms with Gasteiger partial charge in [0.25, 0.3) is 0 Å². The van der Waals surface area contributed by atoms with Crippen LogP contribution in [0.5, 0.6) is 0 Å². The summed E-state index contributed by atoms with van der Waals surface area (Å²) in [6, 6.07) is 7.25. The zero-order valence-electron chi connectivity index (χ0n) is 12.1. The fourth-order valence-electron chi connectivity index (χ4n) is 1.80. The fraction of sp³-hybridized carbons (Fsp3) is 0.357. The van der Waals surface area contributed by atoms with Crippen LogP contribution in [0.4, 0.5) is 4.79 Å². The first-order valence-electron chi connectivity index (χ1n) is 6.68. The number of aliphatic hydroxyl groups is 1. The molecule has 0 saturated heterocycles. The van der Waals surface area contributed by atoms with Crippen LogP contribution >= 0.6 is 0 Å². The van der Waals surface area contributed by atoms with Gasteiger partial charge in [0.1, 0.15) is 6.33 Å². The summed E-state index contributed by atoms with van der Waals surface area (Å²) in [6.45, 7) is 2.12. The van der Waals surface area contributed by atoms with Gasteiger partial charge in [0, 0.05) is 19.2 Å². The van der Waals surface area contributed by atoms with E-state index in [4.69, 9.17) is 5.11 Å². The number of amides is 2. The molecule has 0 radical (unpaired) electrons. The Morgan fingerprint density at radius 1 is 1.52 bits per heavy atom. The van der Waals surface area contributed by atoms with Crippen molar-refractivity contribution < 1.29 is 9.90 Å². The lowest BCUT2D eigenvalue weighted by Gasteiger charge is -2.23.